The number of benzene rings is 1. The Labute approximate surface area is 146 Å². The molecule has 0 radical (unpaired) electrons. The Morgan fingerprint density at radius 2 is 1.58 bits per heavy atom. The number of hydrogen-bond donors (Lipinski definition) is 1. The van der Waals surface area contributed by atoms with Crippen LogP contribution in [0.5, 0.6) is 5.75 Å². The molecule has 2 aliphatic rings. The second-order valence-electron chi connectivity index (χ2n) is 7.43. The van der Waals surface area contributed by atoms with E-state index < -0.39 is 0 Å². The minimum absolute atomic E-state index is 0.379. The predicted octanol–water partition coefficient (Wildman–Crippen LogP) is 5.00. The number of phenolic OH excluding ortho intramolecular Hbond substituents is 1. The molecule has 1 aromatic carbocycles. The maximum Gasteiger partial charge on any atom is 0.115 e. The summed E-state index contributed by atoms with van der Waals surface area (Å²) >= 11 is 0. The molecule has 134 valence electrons. The Kier molecular flexibility index (Phi) is 6.56. The highest BCUT2D eigenvalue weighted by molar-refractivity contribution is 5.27. The van der Waals surface area contributed by atoms with Gasteiger partial charge in [0.1, 0.15) is 5.75 Å². The highest BCUT2D eigenvalue weighted by atomic mass is 16.6. The molecule has 0 aliphatic carbocycles. The third kappa shape index (κ3) is 5.78. The SMILES string of the molecule is CCCC1OC1CC1OC1CCCCCCCc1cccc(O)c1. The van der Waals surface area contributed by atoms with Gasteiger partial charge in [-0.15, -0.1) is 0 Å². The van der Waals surface area contributed by atoms with E-state index >= 15 is 0 Å². The van der Waals surface area contributed by atoms with Crippen LogP contribution in [0.2, 0.25) is 0 Å². The largest absolute Gasteiger partial charge is 0.508 e. The van der Waals surface area contributed by atoms with Crippen molar-refractivity contribution in [2.75, 3.05) is 0 Å². The molecule has 0 saturated carbocycles. The normalized spacial score (nSPS) is 28.0. The van der Waals surface area contributed by atoms with Crippen LogP contribution in [0.15, 0.2) is 24.3 Å². The number of aryl methyl sites for hydroxylation is 1. The highest BCUT2D eigenvalue weighted by Crippen LogP contribution is 2.38. The number of phenols is 1. The average Bonchev–Trinajstić information content (AvgIpc) is 3.47. The lowest BCUT2D eigenvalue weighted by Crippen LogP contribution is -2.01. The molecule has 1 aromatic rings. The van der Waals surface area contributed by atoms with E-state index in [1.165, 1.54) is 56.9 Å². The minimum atomic E-state index is 0.379. The van der Waals surface area contributed by atoms with E-state index in [1.807, 2.05) is 12.1 Å². The number of epoxide rings is 2. The van der Waals surface area contributed by atoms with Gasteiger partial charge in [0.2, 0.25) is 0 Å². The zero-order chi connectivity index (χ0) is 16.8. The van der Waals surface area contributed by atoms with Gasteiger partial charge in [0.05, 0.1) is 24.4 Å². The van der Waals surface area contributed by atoms with E-state index in [4.69, 9.17) is 9.47 Å². The molecule has 1 N–H and O–H groups in total. The number of ether oxygens (including phenoxy) is 2. The first-order valence-electron chi connectivity index (χ1n) is 9.85. The standard InChI is InChI=1S/C21H32O3/c1-2-9-18-20(23-18)15-21-19(24-21)13-7-5-3-4-6-10-16-11-8-12-17(22)14-16/h8,11-12,14,18-22H,2-7,9-10,13,15H2,1H3. The van der Waals surface area contributed by atoms with E-state index in [0.29, 0.717) is 30.2 Å². The summed E-state index contributed by atoms with van der Waals surface area (Å²) < 4.78 is 11.5. The second kappa shape index (κ2) is 8.87. The number of aromatic hydroxyl groups is 1. The fraction of sp³-hybridized carbons (Fsp3) is 0.714. The molecule has 3 rings (SSSR count). The van der Waals surface area contributed by atoms with Crippen molar-refractivity contribution < 1.29 is 14.6 Å². The lowest BCUT2D eigenvalue weighted by Gasteiger charge is -2.03. The zero-order valence-corrected chi connectivity index (χ0v) is 15.0. The van der Waals surface area contributed by atoms with Gasteiger partial charge in [-0.3, -0.25) is 0 Å². The van der Waals surface area contributed by atoms with Gasteiger partial charge in [-0.1, -0.05) is 51.2 Å². The number of hydrogen-bond acceptors (Lipinski definition) is 3. The van der Waals surface area contributed by atoms with Crippen molar-refractivity contribution in [3.8, 4) is 5.75 Å². The zero-order valence-electron chi connectivity index (χ0n) is 15.0. The van der Waals surface area contributed by atoms with Gasteiger partial charge >= 0.3 is 0 Å². The molecule has 2 aliphatic heterocycles. The molecule has 0 aromatic heterocycles. The Balaban J connectivity index is 1.14. The average molecular weight is 332 g/mol. The molecular weight excluding hydrogens is 300 g/mol. The first-order valence-corrected chi connectivity index (χ1v) is 9.85. The molecule has 24 heavy (non-hydrogen) atoms. The summed E-state index contributed by atoms with van der Waals surface area (Å²) in [6.45, 7) is 2.22. The van der Waals surface area contributed by atoms with Crippen molar-refractivity contribution in [1.82, 2.24) is 0 Å². The maximum atomic E-state index is 9.44. The summed E-state index contributed by atoms with van der Waals surface area (Å²) in [4.78, 5) is 0. The van der Waals surface area contributed by atoms with Crippen LogP contribution < -0.4 is 0 Å². The van der Waals surface area contributed by atoms with E-state index in [2.05, 4.69) is 13.0 Å². The van der Waals surface area contributed by atoms with Crippen LogP contribution in [0.3, 0.4) is 0 Å². The summed E-state index contributed by atoms with van der Waals surface area (Å²) in [5, 5.41) is 9.44. The molecule has 4 atom stereocenters. The second-order valence-corrected chi connectivity index (χ2v) is 7.43. The highest BCUT2D eigenvalue weighted by Gasteiger charge is 2.47. The van der Waals surface area contributed by atoms with Crippen LogP contribution in [0.25, 0.3) is 0 Å². The number of unbranched alkanes of at least 4 members (excludes halogenated alkanes) is 4. The molecule has 0 amide bonds. The maximum absolute atomic E-state index is 9.44. The third-order valence-corrected chi connectivity index (χ3v) is 5.28. The van der Waals surface area contributed by atoms with Crippen molar-refractivity contribution in [3.63, 3.8) is 0 Å². The van der Waals surface area contributed by atoms with Gasteiger partial charge in [0.15, 0.2) is 0 Å². The van der Waals surface area contributed by atoms with Crippen LogP contribution >= 0.6 is 0 Å². The van der Waals surface area contributed by atoms with Crippen LogP contribution in [-0.4, -0.2) is 29.5 Å². The van der Waals surface area contributed by atoms with Crippen LogP contribution in [0, 0.1) is 0 Å². The van der Waals surface area contributed by atoms with Gasteiger partial charge < -0.3 is 14.6 Å². The molecule has 2 heterocycles. The number of rotatable bonds is 12. The fourth-order valence-electron chi connectivity index (χ4n) is 3.71. The van der Waals surface area contributed by atoms with Gasteiger partial charge in [-0.25, -0.2) is 0 Å². The van der Waals surface area contributed by atoms with Crippen molar-refractivity contribution in [3.05, 3.63) is 29.8 Å². The molecule has 0 bridgehead atoms. The van der Waals surface area contributed by atoms with Crippen molar-refractivity contribution in [2.45, 2.75) is 95.5 Å². The molecule has 0 spiro atoms. The molecule has 4 unspecified atom stereocenters. The van der Waals surface area contributed by atoms with Crippen LogP contribution in [0.1, 0.15) is 70.3 Å². The summed E-state index contributed by atoms with van der Waals surface area (Å²) in [7, 11) is 0. The summed E-state index contributed by atoms with van der Waals surface area (Å²) in [6.07, 6.45) is 14.3. The van der Waals surface area contributed by atoms with Gasteiger partial charge in [-0.2, -0.15) is 0 Å². The van der Waals surface area contributed by atoms with Crippen LogP contribution in [0.4, 0.5) is 0 Å². The smallest absolute Gasteiger partial charge is 0.115 e. The Morgan fingerprint density at radius 1 is 0.875 bits per heavy atom. The molecular formula is C21H32O3. The molecule has 3 nitrogen and oxygen atoms in total. The predicted molar refractivity (Wildman–Crippen MR) is 96.4 cm³/mol. The van der Waals surface area contributed by atoms with E-state index in [9.17, 15) is 5.11 Å². The third-order valence-electron chi connectivity index (χ3n) is 5.28. The van der Waals surface area contributed by atoms with Crippen molar-refractivity contribution >= 4 is 0 Å². The summed E-state index contributed by atoms with van der Waals surface area (Å²) in [5.74, 6) is 0.379. The van der Waals surface area contributed by atoms with Gasteiger partial charge in [0.25, 0.3) is 0 Å². The minimum Gasteiger partial charge on any atom is -0.508 e. The van der Waals surface area contributed by atoms with Gasteiger partial charge in [0, 0.05) is 6.42 Å². The quantitative estimate of drug-likeness (QED) is 0.433. The Morgan fingerprint density at radius 3 is 2.33 bits per heavy atom. The van der Waals surface area contributed by atoms with E-state index in [0.717, 1.165) is 12.8 Å². The topological polar surface area (TPSA) is 45.3 Å². The van der Waals surface area contributed by atoms with Crippen molar-refractivity contribution in [2.24, 2.45) is 0 Å². The monoisotopic (exact) mass is 332 g/mol. The Bertz CT molecular complexity index is 502. The lowest BCUT2D eigenvalue weighted by atomic mass is 10.0. The fourth-order valence-corrected chi connectivity index (χ4v) is 3.71. The first-order chi connectivity index (χ1) is 11.8. The lowest BCUT2D eigenvalue weighted by molar-refractivity contribution is 0.318. The Hall–Kier alpha value is -1.06. The molecule has 2 fully saturated rings. The van der Waals surface area contributed by atoms with Crippen molar-refractivity contribution in [1.29, 1.82) is 0 Å². The molecule has 3 heteroatoms. The molecule has 2 saturated heterocycles. The van der Waals surface area contributed by atoms with Gasteiger partial charge in [-0.05, 0) is 43.4 Å². The van der Waals surface area contributed by atoms with E-state index in [1.54, 1.807) is 6.07 Å². The van der Waals surface area contributed by atoms with E-state index in [-0.39, 0.29) is 0 Å². The summed E-state index contributed by atoms with van der Waals surface area (Å²) in [5.41, 5.74) is 1.24. The first kappa shape index (κ1) is 17.8. The summed E-state index contributed by atoms with van der Waals surface area (Å²) in [6, 6.07) is 7.63. The van der Waals surface area contributed by atoms with Crippen LogP contribution in [-0.2, 0) is 15.9 Å².